The molecule has 0 unspecified atom stereocenters. The van der Waals surface area contributed by atoms with E-state index in [1.54, 1.807) is 0 Å². The second kappa shape index (κ2) is 10.9. The van der Waals surface area contributed by atoms with Gasteiger partial charge in [-0.05, 0) is 26.4 Å². The quantitative estimate of drug-likeness (QED) is 0.741. The second-order valence-corrected chi connectivity index (χ2v) is 4.02. The van der Waals surface area contributed by atoms with Crippen LogP contribution in [0.1, 0.15) is 12.8 Å². The van der Waals surface area contributed by atoms with Gasteiger partial charge in [-0.15, -0.1) is 24.8 Å². The van der Waals surface area contributed by atoms with Crippen LogP contribution in [0.3, 0.4) is 0 Å². The van der Waals surface area contributed by atoms with E-state index in [1.807, 2.05) is 4.90 Å². The van der Waals surface area contributed by atoms with Gasteiger partial charge in [-0.25, -0.2) is 4.79 Å². The molecule has 1 saturated heterocycles. The maximum Gasteiger partial charge on any atom is 0.317 e. The lowest BCUT2D eigenvalue weighted by Gasteiger charge is -2.32. The van der Waals surface area contributed by atoms with Crippen molar-refractivity contribution in [3.8, 4) is 0 Å². The standard InChI is InChI=1S/C10H22N4O.2ClH/c1-13-6-8-14(9-7-13)10(15)12-5-3-2-4-11;;/h2-9,11H2,1H3,(H,12,15);2*1H. The maximum absolute atomic E-state index is 11.6. The lowest BCUT2D eigenvalue weighted by Crippen LogP contribution is -2.50. The van der Waals surface area contributed by atoms with Crippen molar-refractivity contribution >= 4 is 30.8 Å². The zero-order valence-electron chi connectivity index (χ0n) is 10.4. The smallest absolute Gasteiger partial charge is 0.317 e. The summed E-state index contributed by atoms with van der Waals surface area (Å²) in [5.74, 6) is 0. The predicted octanol–water partition coefficient (Wildman–Crippen LogP) is 0.526. The summed E-state index contributed by atoms with van der Waals surface area (Å²) in [6.45, 7) is 5.04. The highest BCUT2D eigenvalue weighted by atomic mass is 35.5. The van der Waals surface area contributed by atoms with Gasteiger partial charge in [0, 0.05) is 32.7 Å². The molecule has 0 aromatic heterocycles. The van der Waals surface area contributed by atoms with E-state index in [4.69, 9.17) is 5.73 Å². The van der Waals surface area contributed by atoms with Gasteiger partial charge in [0.05, 0.1) is 0 Å². The van der Waals surface area contributed by atoms with Crippen LogP contribution in [0.25, 0.3) is 0 Å². The van der Waals surface area contributed by atoms with Crippen molar-refractivity contribution in [2.75, 3.05) is 46.3 Å². The number of nitrogens with zero attached hydrogens (tertiary/aromatic N) is 2. The third kappa shape index (κ3) is 7.65. The van der Waals surface area contributed by atoms with E-state index in [9.17, 15) is 4.79 Å². The number of likely N-dealkylation sites (N-methyl/N-ethyl adjacent to an activating group) is 1. The van der Waals surface area contributed by atoms with Gasteiger partial charge in [0.1, 0.15) is 0 Å². The Morgan fingerprint density at radius 3 is 2.29 bits per heavy atom. The first kappa shape index (κ1) is 19.1. The van der Waals surface area contributed by atoms with Crippen molar-refractivity contribution in [1.82, 2.24) is 15.1 Å². The van der Waals surface area contributed by atoms with Crippen LogP contribution >= 0.6 is 24.8 Å². The number of nitrogens with two attached hydrogens (primary N) is 1. The molecule has 0 spiro atoms. The average Bonchev–Trinajstić information content (AvgIpc) is 2.25. The predicted molar refractivity (Wildman–Crippen MR) is 75.3 cm³/mol. The molecule has 0 radical (unpaired) electrons. The summed E-state index contributed by atoms with van der Waals surface area (Å²) in [5, 5.41) is 2.91. The van der Waals surface area contributed by atoms with Crippen LogP contribution in [-0.2, 0) is 0 Å². The summed E-state index contributed by atoms with van der Waals surface area (Å²) in [7, 11) is 2.08. The third-order valence-corrected chi connectivity index (χ3v) is 2.70. The molecule has 2 amide bonds. The van der Waals surface area contributed by atoms with Crippen LogP contribution in [0.5, 0.6) is 0 Å². The molecule has 0 saturated carbocycles. The number of rotatable bonds is 4. The van der Waals surface area contributed by atoms with Gasteiger partial charge in [0.25, 0.3) is 0 Å². The number of halogens is 2. The van der Waals surface area contributed by atoms with Crippen molar-refractivity contribution in [2.45, 2.75) is 12.8 Å². The fourth-order valence-electron chi connectivity index (χ4n) is 1.59. The van der Waals surface area contributed by atoms with Crippen molar-refractivity contribution < 1.29 is 4.79 Å². The molecular weight excluding hydrogens is 263 g/mol. The summed E-state index contributed by atoms with van der Waals surface area (Å²) < 4.78 is 0. The van der Waals surface area contributed by atoms with E-state index in [-0.39, 0.29) is 30.8 Å². The molecule has 3 N–H and O–H groups in total. The Labute approximate surface area is 116 Å². The van der Waals surface area contributed by atoms with E-state index in [0.717, 1.165) is 45.6 Å². The molecule has 5 nitrogen and oxygen atoms in total. The van der Waals surface area contributed by atoms with Gasteiger partial charge in [0.15, 0.2) is 0 Å². The summed E-state index contributed by atoms with van der Waals surface area (Å²) in [6, 6.07) is 0.0696. The van der Waals surface area contributed by atoms with E-state index in [1.165, 1.54) is 0 Å². The zero-order chi connectivity index (χ0) is 11.1. The van der Waals surface area contributed by atoms with Gasteiger partial charge < -0.3 is 20.9 Å². The van der Waals surface area contributed by atoms with Crippen molar-refractivity contribution in [3.63, 3.8) is 0 Å². The van der Waals surface area contributed by atoms with Gasteiger partial charge >= 0.3 is 6.03 Å². The molecule has 17 heavy (non-hydrogen) atoms. The molecule has 1 fully saturated rings. The number of hydrogen-bond acceptors (Lipinski definition) is 3. The Morgan fingerprint density at radius 2 is 1.76 bits per heavy atom. The normalized spacial score (nSPS) is 15.8. The Balaban J connectivity index is 0. The summed E-state index contributed by atoms with van der Waals surface area (Å²) in [5.41, 5.74) is 5.37. The first-order chi connectivity index (χ1) is 7.24. The summed E-state index contributed by atoms with van der Waals surface area (Å²) in [6.07, 6.45) is 1.94. The number of unbranched alkanes of at least 4 members (excludes halogenated alkanes) is 1. The highest BCUT2D eigenvalue weighted by Crippen LogP contribution is 1.99. The fraction of sp³-hybridized carbons (Fsp3) is 0.900. The van der Waals surface area contributed by atoms with Crippen LogP contribution < -0.4 is 11.1 Å². The first-order valence-corrected chi connectivity index (χ1v) is 5.65. The molecule has 1 aliphatic heterocycles. The fourth-order valence-corrected chi connectivity index (χ4v) is 1.59. The van der Waals surface area contributed by atoms with Crippen LogP contribution in [0, 0.1) is 0 Å². The minimum absolute atomic E-state index is 0. The van der Waals surface area contributed by atoms with E-state index in [0.29, 0.717) is 6.54 Å². The van der Waals surface area contributed by atoms with Crippen LogP contribution in [0.15, 0.2) is 0 Å². The van der Waals surface area contributed by atoms with E-state index < -0.39 is 0 Å². The topological polar surface area (TPSA) is 61.6 Å². The monoisotopic (exact) mass is 286 g/mol. The van der Waals surface area contributed by atoms with Crippen LogP contribution in [0.2, 0.25) is 0 Å². The molecule has 0 aromatic carbocycles. The van der Waals surface area contributed by atoms with E-state index >= 15 is 0 Å². The number of piperazine rings is 1. The molecule has 104 valence electrons. The average molecular weight is 287 g/mol. The lowest BCUT2D eigenvalue weighted by atomic mass is 10.3. The summed E-state index contributed by atoms with van der Waals surface area (Å²) >= 11 is 0. The molecule has 0 aliphatic carbocycles. The molecule has 0 aromatic rings. The molecule has 1 rings (SSSR count). The maximum atomic E-state index is 11.6. The number of carbonyl (C=O) groups is 1. The second-order valence-electron chi connectivity index (χ2n) is 4.02. The van der Waals surface area contributed by atoms with Gasteiger partial charge in [0.2, 0.25) is 0 Å². The van der Waals surface area contributed by atoms with E-state index in [2.05, 4.69) is 17.3 Å². The molecule has 0 atom stereocenters. The number of hydrogen-bond donors (Lipinski definition) is 2. The van der Waals surface area contributed by atoms with Gasteiger partial charge in [-0.1, -0.05) is 0 Å². The van der Waals surface area contributed by atoms with Gasteiger partial charge in [-0.2, -0.15) is 0 Å². The summed E-state index contributed by atoms with van der Waals surface area (Å²) in [4.78, 5) is 15.7. The van der Waals surface area contributed by atoms with Crippen molar-refractivity contribution in [2.24, 2.45) is 5.73 Å². The first-order valence-electron chi connectivity index (χ1n) is 5.65. The highest BCUT2D eigenvalue weighted by Gasteiger charge is 2.17. The molecule has 1 heterocycles. The zero-order valence-corrected chi connectivity index (χ0v) is 12.0. The minimum Gasteiger partial charge on any atom is -0.338 e. The number of nitrogens with one attached hydrogen (secondary N) is 1. The Hall–Kier alpha value is -0.230. The van der Waals surface area contributed by atoms with Gasteiger partial charge in [-0.3, -0.25) is 0 Å². The number of urea groups is 1. The van der Waals surface area contributed by atoms with Crippen molar-refractivity contribution in [1.29, 1.82) is 0 Å². The Bertz CT molecular complexity index is 199. The third-order valence-electron chi connectivity index (χ3n) is 2.70. The molecular formula is C10H24Cl2N4O. The molecule has 1 aliphatic rings. The van der Waals surface area contributed by atoms with Crippen LogP contribution in [-0.4, -0.2) is 62.1 Å². The molecule has 7 heteroatoms. The number of amides is 2. The minimum atomic E-state index is 0. The Morgan fingerprint density at radius 1 is 1.18 bits per heavy atom. The number of carbonyl (C=O) groups excluding carboxylic acids is 1. The molecule has 0 bridgehead atoms. The largest absolute Gasteiger partial charge is 0.338 e. The highest BCUT2D eigenvalue weighted by molar-refractivity contribution is 5.85. The SMILES string of the molecule is CN1CCN(C(=O)NCCCCN)CC1.Cl.Cl. The lowest BCUT2D eigenvalue weighted by molar-refractivity contribution is 0.154. The Kier molecular flexibility index (Phi) is 12.3. The van der Waals surface area contributed by atoms with Crippen LogP contribution in [0.4, 0.5) is 4.79 Å². The van der Waals surface area contributed by atoms with Crippen molar-refractivity contribution in [3.05, 3.63) is 0 Å².